The van der Waals surface area contributed by atoms with Gasteiger partial charge in [0.15, 0.2) is 11.6 Å². The number of Topliss-reactive ketones (excluding diaryl/α,β-unsaturated/α-hetero) is 1. The number of halogens is 2. The highest BCUT2D eigenvalue weighted by Crippen LogP contribution is 2.25. The van der Waals surface area contributed by atoms with Crippen LogP contribution in [-0.4, -0.2) is 19.4 Å². The quantitative estimate of drug-likeness (QED) is 0.783. The molecule has 0 fully saturated rings. The Bertz CT molecular complexity index is 368. The lowest BCUT2D eigenvalue weighted by Crippen LogP contribution is -2.15. The van der Waals surface area contributed by atoms with Gasteiger partial charge in [0, 0.05) is 6.07 Å². The zero-order chi connectivity index (χ0) is 10.7. The maximum Gasteiger partial charge on any atom is 0.179 e. The van der Waals surface area contributed by atoms with Gasteiger partial charge in [0.05, 0.1) is 24.2 Å². The van der Waals surface area contributed by atoms with E-state index in [4.69, 9.17) is 22.1 Å². The molecule has 0 aliphatic heterocycles. The predicted molar refractivity (Wildman–Crippen MR) is 51.3 cm³/mol. The monoisotopic (exact) mass is 217 g/mol. The average molecular weight is 218 g/mol. The van der Waals surface area contributed by atoms with E-state index in [2.05, 4.69) is 0 Å². The summed E-state index contributed by atoms with van der Waals surface area (Å²) in [5.41, 5.74) is 4.97. The summed E-state index contributed by atoms with van der Waals surface area (Å²) in [6.45, 7) is -0.263. The zero-order valence-electron chi connectivity index (χ0n) is 7.51. The van der Waals surface area contributed by atoms with E-state index >= 15 is 0 Å². The van der Waals surface area contributed by atoms with Gasteiger partial charge >= 0.3 is 0 Å². The molecule has 5 heteroatoms. The number of rotatable bonds is 3. The molecule has 0 atom stereocenters. The summed E-state index contributed by atoms with van der Waals surface area (Å²) in [7, 11) is 1.40. The summed E-state index contributed by atoms with van der Waals surface area (Å²) < 4.78 is 18.1. The Morgan fingerprint density at radius 3 is 2.79 bits per heavy atom. The highest BCUT2D eigenvalue weighted by molar-refractivity contribution is 6.31. The number of carbonyl (C=O) groups excluding carboxylic acids is 1. The number of hydrogen-bond acceptors (Lipinski definition) is 3. The Kier molecular flexibility index (Phi) is 3.43. The topological polar surface area (TPSA) is 52.3 Å². The molecule has 0 aromatic heterocycles. The van der Waals surface area contributed by atoms with Crippen molar-refractivity contribution in [3.05, 3.63) is 28.5 Å². The van der Waals surface area contributed by atoms with E-state index in [0.717, 1.165) is 0 Å². The molecule has 0 aliphatic carbocycles. The third-order valence-corrected chi connectivity index (χ3v) is 2.00. The normalized spacial score (nSPS) is 10.0. The Morgan fingerprint density at radius 2 is 2.29 bits per heavy atom. The second-order valence-electron chi connectivity index (χ2n) is 2.60. The first-order valence-corrected chi connectivity index (χ1v) is 4.24. The van der Waals surface area contributed by atoms with E-state index in [0.29, 0.717) is 5.75 Å². The first-order valence-electron chi connectivity index (χ1n) is 3.86. The van der Waals surface area contributed by atoms with Gasteiger partial charge in [0.25, 0.3) is 0 Å². The Labute approximate surface area is 85.6 Å². The first-order chi connectivity index (χ1) is 6.60. The molecule has 1 rings (SSSR count). The smallest absolute Gasteiger partial charge is 0.179 e. The molecule has 2 N–H and O–H groups in total. The van der Waals surface area contributed by atoms with Crippen molar-refractivity contribution in [2.45, 2.75) is 0 Å². The number of methoxy groups -OCH3 is 1. The summed E-state index contributed by atoms with van der Waals surface area (Å²) in [4.78, 5) is 11.2. The van der Waals surface area contributed by atoms with Gasteiger partial charge in [0.1, 0.15) is 5.75 Å². The third-order valence-electron chi connectivity index (χ3n) is 1.72. The van der Waals surface area contributed by atoms with Crippen molar-refractivity contribution in [2.75, 3.05) is 13.7 Å². The minimum absolute atomic E-state index is 0.142. The van der Waals surface area contributed by atoms with Gasteiger partial charge in [-0.1, -0.05) is 11.6 Å². The molecule has 3 nitrogen and oxygen atoms in total. The molecule has 0 heterocycles. The molecule has 0 saturated heterocycles. The predicted octanol–water partition coefficient (Wildman–Crippen LogP) is 1.63. The van der Waals surface area contributed by atoms with Crippen molar-refractivity contribution in [1.82, 2.24) is 0 Å². The van der Waals surface area contributed by atoms with Gasteiger partial charge in [-0.25, -0.2) is 4.39 Å². The Morgan fingerprint density at radius 1 is 1.64 bits per heavy atom. The maximum atomic E-state index is 13.3. The molecule has 76 valence electrons. The number of hydrogen-bond donors (Lipinski definition) is 1. The summed E-state index contributed by atoms with van der Waals surface area (Å²) in [5.74, 6) is -0.945. The van der Waals surface area contributed by atoms with Crippen LogP contribution in [-0.2, 0) is 0 Å². The van der Waals surface area contributed by atoms with Crippen LogP contribution in [0.3, 0.4) is 0 Å². The van der Waals surface area contributed by atoms with E-state index in [1.165, 1.54) is 19.2 Å². The highest BCUT2D eigenvalue weighted by atomic mass is 35.5. The number of nitrogens with two attached hydrogens (primary N) is 1. The van der Waals surface area contributed by atoms with Crippen LogP contribution in [0.4, 0.5) is 4.39 Å². The van der Waals surface area contributed by atoms with Gasteiger partial charge in [-0.15, -0.1) is 0 Å². The molecule has 0 radical (unpaired) electrons. The lowest BCUT2D eigenvalue weighted by Gasteiger charge is -2.05. The van der Waals surface area contributed by atoms with E-state index in [1.54, 1.807) is 0 Å². The van der Waals surface area contributed by atoms with Crippen LogP contribution >= 0.6 is 11.6 Å². The lowest BCUT2D eigenvalue weighted by molar-refractivity contribution is 0.0997. The van der Waals surface area contributed by atoms with Crippen molar-refractivity contribution >= 4 is 17.4 Å². The second kappa shape index (κ2) is 4.39. The summed E-state index contributed by atoms with van der Waals surface area (Å²) in [6.07, 6.45) is 0. The molecule has 0 aliphatic rings. The SMILES string of the molecule is COc1cc(Cl)c(F)c(C(=O)CN)c1. The maximum absolute atomic E-state index is 13.3. The van der Waals surface area contributed by atoms with Gasteiger partial charge in [-0.05, 0) is 6.07 Å². The molecular formula is C9H9ClFNO2. The van der Waals surface area contributed by atoms with E-state index in [9.17, 15) is 9.18 Å². The fourth-order valence-corrected chi connectivity index (χ4v) is 1.20. The summed E-state index contributed by atoms with van der Waals surface area (Å²) >= 11 is 5.55. The number of benzene rings is 1. The Balaban J connectivity index is 3.27. The minimum atomic E-state index is -0.761. The standard InChI is InChI=1S/C9H9ClFNO2/c1-14-5-2-6(8(13)4-12)9(11)7(10)3-5/h2-3H,4,12H2,1H3. The van der Waals surface area contributed by atoms with Crippen LogP contribution in [0.15, 0.2) is 12.1 Å². The van der Waals surface area contributed by atoms with Gasteiger partial charge in [0.2, 0.25) is 0 Å². The Hall–Kier alpha value is -1.13. The largest absolute Gasteiger partial charge is 0.497 e. The molecule has 0 bridgehead atoms. The zero-order valence-corrected chi connectivity index (χ0v) is 8.27. The van der Waals surface area contributed by atoms with Crippen LogP contribution in [0, 0.1) is 5.82 Å². The van der Waals surface area contributed by atoms with Crippen LogP contribution in [0.1, 0.15) is 10.4 Å². The third kappa shape index (κ3) is 2.02. The number of carbonyl (C=O) groups is 1. The van der Waals surface area contributed by atoms with E-state index < -0.39 is 11.6 Å². The molecular weight excluding hydrogens is 209 g/mol. The van der Waals surface area contributed by atoms with Gasteiger partial charge < -0.3 is 10.5 Å². The van der Waals surface area contributed by atoms with E-state index in [-0.39, 0.29) is 17.1 Å². The van der Waals surface area contributed by atoms with Crippen molar-refractivity contribution in [2.24, 2.45) is 5.73 Å². The summed E-state index contributed by atoms with van der Waals surface area (Å²) in [6, 6.07) is 2.57. The second-order valence-corrected chi connectivity index (χ2v) is 3.01. The average Bonchev–Trinajstić information content (AvgIpc) is 2.20. The molecule has 14 heavy (non-hydrogen) atoms. The molecule has 0 spiro atoms. The first kappa shape index (κ1) is 10.9. The van der Waals surface area contributed by atoms with Crippen LogP contribution in [0.25, 0.3) is 0 Å². The molecule has 1 aromatic carbocycles. The van der Waals surface area contributed by atoms with Gasteiger partial charge in [-0.2, -0.15) is 0 Å². The van der Waals surface area contributed by atoms with Crippen molar-refractivity contribution in [3.8, 4) is 5.75 Å². The van der Waals surface area contributed by atoms with Crippen LogP contribution < -0.4 is 10.5 Å². The minimum Gasteiger partial charge on any atom is -0.497 e. The molecule has 0 unspecified atom stereocenters. The molecule has 1 aromatic rings. The number of ether oxygens (including phenoxy) is 1. The molecule has 0 amide bonds. The molecule has 0 saturated carbocycles. The summed E-state index contributed by atoms with van der Waals surface area (Å²) in [5, 5.41) is -0.152. The fraction of sp³-hybridized carbons (Fsp3) is 0.222. The van der Waals surface area contributed by atoms with Crippen LogP contribution in [0.5, 0.6) is 5.75 Å². The van der Waals surface area contributed by atoms with Crippen LogP contribution in [0.2, 0.25) is 5.02 Å². The van der Waals surface area contributed by atoms with Crippen molar-refractivity contribution in [3.63, 3.8) is 0 Å². The fourth-order valence-electron chi connectivity index (χ4n) is 0.995. The van der Waals surface area contributed by atoms with Gasteiger partial charge in [-0.3, -0.25) is 4.79 Å². The van der Waals surface area contributed by atoms with Crippen molar-refractivity contribution in [1.29, 1.82) is 0 Å². The highest BCUT2D eigenvalue weighted by Gasteiger charge is 2.15. The number of ketones is 1. The lowest BCUT2D eigenvalue weighted by atomic mass is 10.1. The van der Waals surface area contributed by atoms with E-state index in [1.807, 2.05) is 0 Å². The van der Waals surface area contributed by atoms with Crippen molar-refractivity contribution < 1.29 is 13.9 Å².